The summed E-state index contributed by atoms with van der Waals surface area (Å²) in [6, 6.07) is 16.1. The molecule has 1 atom stereocenters. The van der Waals surface area contributed by atoms with E-state index >= 15 is 0 Å². The van der Waals surface area contributed by atoms with Gasteiger partial charge in [-0.25, -0.2) is 0 Å². The normalized spacial score (nSPS) is 15.6. The number of phenols is 2. The van der Waals surface area contributed by atoms with Crippen LogP contribution in [-0.2, 0) is 4.79 Å². The maximum Gasteiger partial charge on any atom is 0.312 e. The van der Waals surface area contributed by atoms with Crippen LogP contribution in [0, 0.1) is 0 Å². The number of aromatic hydroxyl groups is 2. The average molecular weight is 400 g/mol. The van der Waals surface area contributed by atoms with E-state index < -0.39 is 11.9 Å². The van der Waals surface area contributed by atoms with Gasteiger partial charge in [0.15, 0.2) is 0 Å². The van der Waals surface area contributed by atoms with Crippen molar-refractivity contribution >= 4 is 16.9 Å². The molecule has 5 rings (SSSR count). The molecular formula is C24H16O6. The van der Waals surface area contributed by atoms with E-state index in [-0.39, 0.29) is 23.3 Å². The molecule has 0 bridgehead atoms. The lowest BCUT2D eigenvalue weighted by Gasteiger charge is -2.25. The summed E-state index contributed by atoms with van der Waals surface area (Å²) in [5, 5.41) is 19.7. The van der Waals surface area contributed by atoms with Gasteiger partial charge < -0.3 is 19.4 Å². The fraction of sp³-hybridized carbons (Fsp3) is 0.0833. The van der Waals surface area contributed by atoms with Gasteiger partial charge in [-0.05, 0) is 47.5 Å². The van der Waals surface area contributed by atoms with Crippen LogP contribution in [0.4, 0.5) is 0 Å². The number of carbonyl (C=O) groups excluding carboxylic acids is 1. The lowest BCUT2D eigenvalue weighted by molar-refractivity contribution is -0.135. The summed E-state index contributed by atoms with van der Waals surface area (Å²) in [5.41, 5.74) is 2.44. The zero-order valence-corrected chi connectivity index (χ0v) is 15.7. The molecule has 30 heavy (non-hydrogen) atoms. The molecule has 0 saturated heterocycles. The van der Waals surface area contributed by atoms with E-state index in [1.807, 2.05) is 6.07 Å². The van der Waals surface area contributed by atoms with Gasteiger partial charge in [0.1, 0.15) is 29.1 Å². The summed E-state index contributed by atoms with van der Waals surface area (Å²) in [6.45, 7) is 0. The summed E-state index contributed by atoms with van der Waals surface area (Å²) >= 11 is 0. The van der Waals surface area contributed by atoms with Gasteiger partial charge in [-0.15, -0.1) is 0 Å². The molecule has 1 aliphatic heterocycles. The molecule has 3 aromatic carbocycles. The van der Waals surface area contributed by atoms with Crippen molar-refractivity contribution in [1.29, 1.82) is 0 Å². The van der Waals surface area contributed by atoms with Crippen molar-refractivity contribution < 1.29 is 24.2 Å². The van der Waals surface area contributed by atoms with E-state index in [4.69, 9.17) is 9.15 Å². The van der Waals surface area contributed by atoms with Crippen LogP contribution in [0.3, 0.4) is 0 Å². The van der Waals surface area contributed by atoms with Gasteiger partial charge in [0, 0.05) is 11.5 Å². The molecule has 2 heterocycles. The fourth-order valence-corrected chi connectivity index (χ4v) is 3.92. The number of hydrogen-bond donors (Lipinski definition) is 2. The van der Waals surface area contributed by atoms with Gasteiger partial charge >= 0.3 is 5.97 Å². The van der Waals surface area contributed by atoms with Crippen LogP contribution in [-0.4, -0.2) is 16.2 Å². The molecule has 0 radical (unpaired) electrons. The van der Waals surface area contributed by atoms with Crippen molar-refractivity contribution in [2.45, 2.75) is 12.3 Å². The summed E-state index contributed by atoms with van der Waals surface area (Å²) < 4.78 is 11.3. The number of carbonyl (C=O) groups is 1. The van der Waals surface area contributed by atoms with Crippen molar-refractivity contribution in [3.05, 3.63) is 88.3 Å². The predicted octanol–water partition coefficient (Wildman–Crippen LogP) is 4.31. The maximum atomic E-state index is 13.2. The van der Waals surface area contributed by atoms with E-state index in [2.05, 4.69) is 0 Å². The first-order valence-electron chi connectivity index (χ1n) is 9.38. The lowest BCUT2D eigenvalue weighted by atomic mass is 9.85. The van der Waals surface area contributed by atoms with Crippen LogP contribution in [0.2, 0.25) is 0 Å². The topological polar surface area (TPSA) is 97.0 Å². The number of benzene rings is 3. The highest BCUT2D eigenvalue weighted by Crippen LogP contribution is 2.43. The molecule has 6 heteroatoms. The summed E-state index contributed by atoms with van der Waals surface area (Å²) in [7, 11) is 0. The number of phenolic OH excluding ortho intramolecular Hbond substituents is 2. The Morgan fingerprint density at radius 2 is 1.70 bits per heavy atom. The van der Waals surface area contributed by atoms with Crippen LogP contribution in [0.15, 0.2) is 76.1 Å². The van der Waals surface area contributed by atoms with Gasteiger partial charge in [-0.2, -0.15) is 0 Å². The SMILES string of the molecule is O=C1CC(c2cccc(O)c2)c2c(ccc3c(=O)c(-c4ccc(O)cc4)coc23)O1. The third kappa shape index (κ3) is 2.90. The Bertz CT molecular complexity index is 1350. The lowest BCUT2D eigenvalue weighted by Crippen LogP contribution is -2.22. The summed E-state index contributed by atoms with van der Waals surface area (Å²) in [4.78, 5) is 25.4. The molecule has 1 aliphatic rings. The molecule has 4 aromatic rings. The Labute approximate surface area is 170 Å². The van der Waals surface area contributed by atoms with Gasteiger partial charge in [0.05, 0.1) is 17.4 Å². The minimum atomic E-state index is -0.417. The summed E-state index contributed by atoms with van der Waals surface area (Å²) in [6.07, 6.45) is 1.45. The number of rotatable bonds is 2. The Morgan fingerprint density at radius 3 is 2.47 bits per heavy atom. The van der Waals surface area contributed by atoms with Crippen molar-refractivity contribution in [3.63, 3.8) is 0 Å². The van der Waals surface area contributed by atoms with E-state index in [0.717, 1.165) is 5.56 Å². The minimum absolute atomic E-state index is 0.0684. The predicted molar refractivity (Wildman–Crippen MR) is 110 cm³/mol. The highest BCUT2D eigenvalue weighted by atomic mass is 16.5. The molecule has 0 saturated carbocycles. The Morgan fingerprint density at radius 1 is 0.900 bits per heavy atom. The van der Waals surface area contributed by atoms with Gasteiger partial charge in [-0.1, -0.05) is 24.3 Å². The molecule has 0 aliphatic carbocycles. The first-order chi connectivity index (χ1) is 14.5. The maximum absolute atomic E-state index is 13.2. The Kier molecular flexibility index (Phi) is 4.06. The largest absolute Gasteiger partial charge is 0.508 e. The number of esters is 1. The van der Waals surface area contributed by atoms with Crippen molar-refractivity contribution in [1.82, 2.24) is 0 Å². The van der Waals surface area contributed by atoms with Crippen molar-refractivity contribution in [3.8, 4) is 28.4 Å². The molecule has 0 amide bonds. The third-order valence-corrected chi connectivity index (χ3v) is 5.33. The highest BCUT2D eigenvalue weighted by Gasteiger charge is 2.32. The van der Waals surface area contributed by atoms with E-state index in [9.17, 15) is 19.8 Å². The molecule has 1 unspecified atom stereocenters. The summed E-state index contributed by atoms with van der Waals surface area (Å²) in [5.74, 6) is -0.274. The Balaban J connectivity index is 1.74. The second-order valence-electron chi connectivity index (χ2n) is 7.21. The van der Waals surface area contributed by atoms with Gasteiger partial charge in [0.2, 0.25) is 5.43 Å². The minimum Gasteiger partial charge on any atom is -0.508 e. The second kappa shape index (κ2) is 6.77. The van der Waals surface area contributed by atoms with Crippen LogP contribution in [0.5, 0.6) is 17.2 Å². The molecular weight excluding hydrogens is 384 g/mol. The van der Waals surface area contributed by atoms with Crippen LogP contribution >= 0.6 is 0 Å². The smallest absolute Gasteiger partial charge is 0.312 e. The molecule has 0 fully saturated rings. The van der Waals surface area contributed by atoms with Crippen molar-refractivity contribution in [2.75, 3.05) is 0 Å². The molecule has 148 valence electrons. The fourth-order valence-electron chi connectivity index (χ4n) is 3.92. The first kappa shape index (κ1) is 18.0. The monoisotopic (exact) mass is 400 g/mol. The average Bonchev–Trinajstić information content (AvgIpc) is 2.74. The van der Waals surface area contributed by atoms with Crippen molar-refractivity contribution in [2.24, 2.45) is 0 Å². The molecule has 0 spiro atoms. The van der Waals surface area contributed by atoms with E-state index in [1.54, 1.807) is 42.5 Å². The van der Waals surface area contributed by atoms with Crippen LogP contribution in [0.25, 0.3) is 22.1 Å². The quantitative estimate of drug-likeness (QED) is 0.384. The number of fused-ring (bicyclic) bond motifs is 3. The highest BCUT2D eigenvalue weighted by molar-refractivity contribution is 5.90. The number of hydrogen-bond acceptors (Lipinski definition) is 6. The molecule has 1 aromatic heterocycles. The van der Waals surface area contributed by atoms with Crippen LogP contribution < -0.4 is 10.2 Å². The van der Waals surface area contributed by atoms with Gasteiger partial charge in [-0.3, -0.25) is 9.59 Å². The second-order valence-corrected chi connectivity index (χ2v) is 7.21. The van der Waals surface area contributed by atoms with Gasteiger partial charge in [0.25, 0.3) is 0 Å². The van der Waals surface area contributed by atoms with Crippen LogP contribution in [0.1, 0.15) is 23.5 Å². The third-order valence-electron chi connectivity index (χ3n) is 5.33. The standard InChI is InChI=1S/C24H16O6/c25-15-6-4-13(5-7-15)19-12-29-24-17(23(19)28)8-9-20-22(24)18(11-21(27)30-20)14-2-1-3-16(26)10-14/h1-10,12,18,25-26H,11H2. The Hall–Kier alpha value is -4.06. The van der Waals surface area contributed by atoms with E-state index in [1.165, 1.54) is 18.4 Å². The zero-order chi connectivity index (χ0) is 20.8. The number of ether oxygens (including phenoxy) is 1. The molecule has 2 N–H and O–H groups in total. The molecule has 6 nitrogen and oxygen atoms in total. The first-order valence-corrected chi connectivity index (χ1v) is 9.38. The zero-order valence-electron chi connectivity index (χ0n) is 15.7. The van der Waals surface area contributed by atoms with E-state index in [0.29, 0.717) is 33.4 Å².